The fourth-order valence-corrected chi connectivity index (χ4v) is 1.71. The van der Waals surface area contributed by atoms with Gasteiger partial charge in [-0.2, -0.15) is 9.61 Å². The van der Waals surface area contributed by atoms with Crippen molar-refractivity contribution in [2.75, 3.05) is 5.73 Å². The first-order valence-corrected chi connectivity index (χ1v) is 5.36. The number of nitrogens with zero attached hydrogens (tertiary/aromatic N) is 4. The van der Waals surface area contributed by atoms with Crippen molar-refractivity contribution in [2.45, 2.75) is 0 Å². The minimum atomic E-state index is 0.274. The second-order valence-corrected chi connectivity index (χ2v) is 3.99. The number of benzene rings is 1. The molecule has 0 fully saturated rings. The largest absolute Gasteiger partial charge is 0.366 e. The minimum Gasteiger partial charge on any atom is -0.366 e. The maximum atomic E-state index is 5.84. The van der Waals surface area contributed by atoms with Crippen molar-refractivity contribution in [1.82, 2.24) is 19.8 Å². The molecule has 3 aromatic rings. The van der Waals surface area contributed by atoms with E-state index in [1.165, 1.54) is 4.52 Å². The molecule has 0 unspecified atom stereocenters. The van der Waals surface area contributed by atoms with Gasteiger partial charge in [-0.15, -0.1) is 10.2 Å². The molecule has 0 atom stereocenters. The monoisotopic (exact) mass is 245 g/mol. The molecule has 17 heavy (non-hydrogen) atoms. The summed E-state index contributed by atoms with van der Waals surface area (Å²) in [5, 5.41) is 12.7. The molecular weight excluding hydrogens is 238 g/mol. The number of halogens is 1. The van der Waals surface area contributed by atoms with Gasteiger partial charge >= 0.3 is 0 Å². The zero-order valence-corrected chi connectivity index (χ0v) is 9.46. The zero-order chi connectivity index (χ0) is 11.8. The number of hydrogen-bond acceptors (Lipinski definition) is 4. The first-order chi connectivity index (χ1) is 8.24. The molecule has 0 bridgehead atoms. The van der Waals surface area contributed by atoms with Crippen LogP contribution in [0.2, 0.25) is 5.02 Å². The number of fused-ring (bicyclic) bond motifs is 1. The van der Waals surface area contributed by atoms with Crippen molar-refractivity contribution in [3.63, 3.8) is 0 Å². The van der Waals surface area contributed by atoms with Gasteiger partial charge in [0.2, 0.25) is 5.95 Å². The Morgan fingerprint density at radius 2 is 1.76 bits per heavy atom. The molecular formula is C11H8ClN5. The molecule has 0 aliphatic rings. The zero-order valence-electron chi connectivity index (χ0n) is 8.71. The Labute approximate surface area is 102 Å². The van der Waals surface area contributed by atoms with Gasteiger partial charge in [-0.05, 0) is 24.3 Å². The number of nitrogen functional groups attached to an aromatic ring is 1. The third kappa shape index (κ3) is 1.70. The minimum absolute atomic E-state index is 0.274. The Kier molecular flexibility index (Phi) is 2.19. The summed E-state index contributed by atoms with van der Waals surface area (Å²) in [6.45, 7) is 0. The van der Waals surface area contributed by atoms with E-state index in [4.69, 9.17) is 17.3 Å². The molecule has 0 amide bonds. The van der Waals surface area contributed by atoms with Gasteiger partial charge in [0.1, 0.15) is 0 Å². The summed E-state index contributed by atoms with van der Waals surface area (Å²) in [6, 6.07) is 11.1. The van der Waals surface area contributed by atoms with E-state index < -0.39 is 0 Å². The van der Waals surface area contributed by atoms with Gasteiger partial charge in [0.15, 0.2) is 5.65 Å². The van der Waals surface area contributed by atoms with Crippen LogP contribution in [0.3, 0.4) is 0 Å². The molecule has 0 aliphatic carbocycles. The lowest BCUT2D eigenvalue weighted by Crippen LogP contribution is -1.99. The van der Waals surface area contributed by atoms with Crippen molar-refractivity contribution < 1.29 is 0 Å². The molecule has 6 heteroatoms. The quantitative estimate of drug-likeness (QED) is 0.712. The lowest BCUT2D eigenvalue weighted by Gasteiger charge is -2.01. The molecule has 3 rings (SSSR count). The van der Waals surface area contributed by atoms with Crippen molar-refractivity contribution in [1.29, 1.82) is 0 Å². The summed E-state index contributed by atoms with van der Waals surface area (Å²) in [5.74, 6) is 0.274. The summed E-state index contributed by atoms with van der Waals surface area (Å²) in [6.07, 6.45) is 0. The predicted octanol–water partition coefficient (Wildman–Crippen LogP) is 2.03. The molecule has 2 aromatic heterocycles. The highest BCUT2D eigenvalue weighted by atomic mass is 35.5. The Hall–Kier alpha value is -2.14. The standard InChI is InChI=1S/C11H8ClN5/c12-8-3-1-7(2-4-8)9-5-6-10-14-15-11(13)17(10)16-9/h1-6H,(H2,13,15). The molecule has 2 N–H and O–H groups in total. The van der Waals surface area contributed by atoms with Crippen LogP contribution in [0, 0.1) is 0 Å². The third-order valence-electron chi connectivity index (χ3n) is 2.43. The number of rotatable bonds is 1. The van der Waals surface area contributed by atoms with E-state index in [1.807, 2.05) is 36.4 Å². The molecule has 0 saturated heterocycles. The Balaban J connectivity index is 2.17. The molecule has 0 saturated carbocycles. The second-order valence-electron chi connectivity index (χ2n) is 3.55. The van der Waals surface area contributed by atoms with Crippen molar-refractivity contribution in [2.24, 2.45) is 0 Å². The summed E-state index contributed by atoms with van der Waals surface area (Å²) in [7, 11) is 0. The molecule has 1 aromatic carbocycles. The highest BCUT2D eigenvalue weighted by Crippen LogP contribution is 2.20. The molecule has 5 nitrogen and oxygen atoms in total. The van der Waals surface area contributed by atoms with Crippen LogP contribution < -0.4 is 5.73 Å². The summed E-state index contributed by atoms with van der Waals surface area (Å²) >= 11 is 5.84. The third-order valence-corrected chi connectivity index (χ3v) is 2.68. The molecule has 2 heterocycles. The van der Waals surface area contributed by atoms with Crippen molar-refractivity contribution in [3.05, 3.63) is 41.4 Å². The van der Waals surface area contributed by atoms with Gasteiger partial charge in [-0.25, -0.2) is 0 Å². The predicted molar refractivity (Wildman–Crippen MR) is 65.6 cm³/mol. The van der Waals surface area contributed by atoms with E-state index >= 15 is 0 Å². The van der Waals surface area contributed by atoms with E-state index in [1.54, 1.807) is 0 Å². The Bertz CT molecular complexity index is 674. The fourth-order valence-electron chi connectivity index (χ4n) is 1.58. The SMILES string of the molecule is Nc1nnc2ccc(-c3ccc(Cl)cc3)nn12. The van der Waals surface area contributed by atoms with Gasteiger partial charge in [-0.1, -0.05) is 23.7 Å². The van der Waals surface area contributed by atoms with Gasteiger partial charge in [0.25, 0.3) is 0 Å². The van der Waals surface area contributed by atoms with Crippen molar-refractivity contribution >= 4 is 23.2 Å². The first-order valence-electron chi connectivity index (χ1n) is 4.98. The van der Waals surface area contributed by atoms with Gasteiger partial charge in [0.05, 0.1) is 5.69 Å². The summed E-state index contributed by atoms with van der Waals surface area (Å²) in [4.78, 5) is 0. The van der Waals surface area contributed by atoms with Crippen LogP contribution in [0.1, 0.15) is 0 Å². The van der Waals surface area contributed by atoms with Crippen LogP contribution in [0.15, 0.2) is 36.4 Å². The highest BCUT2D eigenvalue weighted by Gasteiger charge is 2.05. The van der Waals surface area contributed by atoms with Crippen LogP contribution in [0.25, 0.3) is 16.9 Å². The van der Waals surface area contributed by atoms with E-state index in [2.05, 4.69) is 15.3 Å². The maximum Gasteiger partial charge on any atom is 0.243 e. The van der Waals surface area contributed by atoms with E-state index in [9.17, 15) is 0 Å². The van der Waals surface area contributed by atoms with Gasteiger partial charge in [-0.3, -0.25) is 0 Å². The number of aromatic nitrogens is 4. The Morgan fingerprint density at radius 3 is 2.53 bits per heavy atom. The number of hydrogen-bond donors (Lipinski definition) is 1. The molecule has 84 valence electrons. The lowest BCUT2D eigenvalue weighted by atomic mass is 10.1. The summed E-state index contributed by atoms with van der Waals surface area (Å²) in [5.41, 5.74) is 8.03. The number of anilines is 1. The van der Waals surface area contributed by atoms with Crippen molar-refractivity contribution in [3.8, 4) is 11.3 Å². The second kappa shape index (κ2) is 3.71. The number of nitrogens with two attached hydrogens (primary N) is 1. The lowest BCUT2D eigenvalue weighted by molar-refractivity contribution is 0.946. The first kappa shape index (κ1) is 10.0. The Morgan fingerprint density at radius 1 is 1.00 bits per heavy atom. The van der Waals surface area contributed by atoms with E-state index in [0.29, 0.717) is 10.7 Å². The molecule has 0 aliphatic heterocycles. The summed E-state index contributed by atoms with van der Waals surface area (Å²) < 4.78 is 1.50. The topological polar surface area (TPSA) is 69.1 Å². The van der Waals surface area contributed by atoms with Crippen LogP contribution in [-0.2, 0) is 0 Å². The van der Waals surface area contributed by atoms with Crippen LogP contribution in [0.4, 0.5) is 5.95 Å². The van der Waals surface area contributed by atoms with E-state index in [0.717, 1.165) is 11.3 Å². The fraction of sp³-hybridized carbons (Fsp3) is 0. The normalized spacial score (nSPS) is 10.9. The van der Waals surface area contributed by atoms with Gasteiger partial charge < -0.3 is 5.73 Å². The molecule has 0 radical (unpaired) electrons. The maximum absolute atomic E-state index is 5.84. The average molecular weight is 246 g/mol. The van der Waals surface area contributed by atoms with Gasteiger partial charge in [0, 0.05) is 10.6 Å². The average Bonchev–Trinajstić information content (AvgIpc) is 2.72. The van der Waals surface area contributed by atoms with Crippen LogP contribution >= 0.6 is 11.6 Å². The van der Waals surface area contributed by atoms with Crippen LogP contribution in [-0.4, -0.2) is 19.8 Å². The van der Waals surface area contributed by atoms with Crippen LogP contribution in [0.5, 0.6) is 0 Å². The smallest absolute Gasteiger partial charge is 0.243 e. The highest BCUT2D eigenvalue weighted by molar-refractivity contribution is 6.30. The van der Waals surface area contributed by atoms with E-state index in [-0.39, 0.29) is 5.95 Å². The molecule has 0 spiro atoms.